The van der Waals surface area contributed by atoms with Crippen molar-refractivity contribution in [3.8, 4) is 17.2 Å². The molecule has 0 radical (unpaired) electrons. The number of carbonyl (C=O) groups excluding carboxylic acids is 1. The summed E-state index contributed by atoms with van der Waals surface area (Å²) >= 11 is 0. The lowest BCUT2D eigenvalue weighted by Gasteiger charge is -2.33. The fraction of sp³-hybridized carbons (Fsp3) is 0.375. The predicted molar refractivity (Wildman–Crippen MR) is 119 cm³/mol. The summed E-state index contributed by atoms with van der Waals surface area (Å²) in [6, 6.07) is 13.1. The first-order valence-electron chi connectivity index (χ1n) is 10.6. The van der Waals surface area contributed by atoms with Crippen molar-refractivity contribution >= 4 is 16.9 Å². The van der Waals surface area contributed by atoms with Gasteiger partial charge in [-0.3, -0.25) is 4.90 Å². The molecule has 2 N–H and O–H groups in total. The molecule has 0 saturated heterocycles. The van der Waals surface area contributed by atoms with Gasteiger partial charge in [-0.1, -0.05) is 12.1 Å². The van der Waals surface area contributed by atoms with Crippen molar-refractivity contribution in [1.82, 2.24) is 9.88 Å². The van der Waals surface area contributed by atoms with Crippen LogP contribution in [0.2, 0.25) is 0 Å². The van der Waals surface area contributed by atoms with Gasteiger partial charge < -0.3 is 29.0 Å². The predicted octanol–water partition coefficient (Wildman–Crippen LogP) is 3.12. The topological polar surface area (TPSA) is 93.2 Å². The average molecular weight is 440 g/mol. The highest BCUT2D eigenvalue weighted by atomic mass is 16.6. The number of aliphatic hydroxyl groups is 1. The zero-order valence-corrected chi connectivity index (χ0v) is 18.5. The van der Waals surface area contributed by atoms with Crippen LogP contribution in [0.1, 0.15) is 23.0 Å². The van der Waals surface area contributed by atoms with Gasteiger partial charge in [0, 0.05) is 11.9 Å². The van der Waals surface area contributed by atoms with Crippen molar-refractivity contribution in [2.45, 2.75) is 26.2 Å². The lowest BCUT2D eigenvalue weighted by atomic mass is 10.1. The molecule has 2 aromatic carbocycles. The van der Waals surface area contributed by atoms with Crippen molar-refractivity contribution in [3.63, 3.8) is 0 Å². The quantitative estimate of drug-likeness (QED) is 0.520. The third-order valence-electron chi connectivity index (χ3n) is 5.25. The molecule has 0 spiro atoms. The molecule has 170 valence electrons. The van der Waals surface area contributed by atoms with E-state index in [-0.39, 0.29) is 12.8 Å². The van der Waals surface area contributed by atoms with Crippen LogP contribution in [0.15, 0.2) is 42.5 Å². The summed E-state index contributed by atoms with van der Waals surface area (Å²) in [6.07, 6.45) is -1.05. The van der Waals surface area contributed by atoms with Gasteiger partial charge in [-0.25, -0.2) is 4.79 Å². The summed E-state index contributed by atoms with van der Waals surface area (Å²) < 4.78 is 22.7. The Hall–Kier alpha value is -3.23. The van der Waals surface area contributed by atoms with Crippen LogP contribution in [0.5, 0.6) is 17.2 Å². The van der Waals surface area contributed by atoms with Gasteiger partial charge in [0.05, 0.1) is 12.1 Å². The molecule has 0 amide bonds. The number of nitrogens with zero attached hydrogens (tertiary/aromatic N) is 1. The summed E-state index contributed by atoms with van der Waals surface area (Å²) in [5.41, 5.74) is 2.12. The number of aromatic amines is 1. The normalized spacial score (nSPS) is 16.2. The van der Waals surface area contributed by atoms with E-state index < -0.39 is 12.1 Å². The van der Waals surface area contributed by atoms with E-state index in [9.17, 15) is 9.90 Å². The first-order valence-corrected chi connectivity index (χ1v) is 10.6. The SMILES string of the molecule is CCOC(=O)c1cc2c(OCC(O)CN(C)C3COc4ccccc4O3)cc(C)cc2[nH]1. The molecule has 8 heteroatoms. The number of aryl methyl sites for hydroxylation is 1. The Kier molecular flexibility index (Phi) is 6.53. The number of aliphatic hydroxyl groups excluding tert-OH is 1. The zero-order chi connectivity index (χ0) is 22.7. The Morgan fingerprint density at radius 3 is 2.84 bits per heavy atom. The first-order chi connectivity index (χ1) is 15.4. The number of hydrogen-bond acceptors (Lipinski definition) is 7. The Balaban J connectivity index is 1.38. The van der Waals surface area contributed by atoms with Gasteiger partial charge in [-0.05, 0) is 56.8 Å². The van der Waals surface area contributed by atoms with E-state index >= 15 is 0 Å². The molecule has 8 nitrogen and oxygen atoms in total. The number of para-hydroxylation sites is 2. The van der Waals surface area contributed by atoms with Crippen LogP contribution < -0.4 is 14.2 Å². The maximum absolute atomic E-state index is 12.1. The number of likely N-dealkylation sites (N-methyl/N-ethyl adjacent to an activating group) is 1. The number of ether oxygens (including phenoxy) is 4. The minimum Gasteiger partial charge on any atom is -0.490 e. The van der Waals surface area contributed by atoms with Crippen LogP contribution in [0.4, 0.5) is 0 Å². The molecule has 1 aliphatic rings. The molecule has 2 atom stereocenters. The minimum absolute atomic E-state index is 0.0903. The number of carbonyl (C=O) groups is 1. The Bertz CT molecular complexity index is 1100. The second kappa shape index (κ2) is 9.50. The van der Waals surface area contributed by atoms with E-state index in [1.165, 1.54) is 0 Å². The van der Waals surface area contributed by atoms with Crippen LogP contribution in [0.25, 0.3) is 10.9 Å². The monoisotopic (exact) mass is 440 g/mol. The van der Waals surface area contributed by atoms with Gasteiger partial charge in [-0.2, -0.15) is 0 Å². The fourth-order valence-electron chi connectivity index (χ4n) is 3.69. The van der Waals surface area contributed by atoms with Crippen LogP contribution in [-0.4, -0.2) is 66.7 Å². The highest BCUT2D eigenvalue weighted by Crippen LogP contribution is 2.32. The van der Waals surface area contributed by atoms with Crippen molar-refractivity contribution in [2.75, 3.05) is 33.4 Å². The fourth-order valence-corrected chi connectivity index (χ4v) is 3.69. The molecular weight excluding hydrogens is 412 g/mol. The van der Waals surface area contributed by atoms with E-state index in [0.717, 1.165) is 22.2 Å². The molecular formula is C24H28N2O6. The third-order valence-corrected chi connectivity index (χ3v) is 5.25. The Morgan fingerprint density at radius 2 is 2.06 bits per heavy atom. The van der Waals surface area contributed by atoms with Crippen LogP contribution in [-0.2, 0) is 4.74 Å². The highest BCUT2D eigenvalue weighted by molar-refractivity contribution is 5.97. The van der Waals surface area contributed by atoms with Gasteiger partial charge >= 0.3 is 5.97 Å². The van der Waals surface area contributed by atoms with Crippen molar-refractivity contribution in [1.29, 1.82) is 0 Å². The summed E-state index contributed by atoms with van der Waals surface area (Å²) in [6.45, 7) is 4.82. The lowest BCUT2D eigenvalue weighted by molar-refractivity contribution is -0.0387. The molecule has 3 aromatic rings. The number of rotatable bonds is 8. The molecule has 0 fully saturated rings. The van der Waals surface area contributed by atoms with Crippen molar-refractivity contribution in [2.24, 2.45) is 0 Å². The smallest absolute Gasteiger partial charge is 0.354 e. The van der Waals surface area contributed by atoms with Gasteiger partial charge in [0.25, 0.3) is 0 Å². The van der Waals surface area contributed by atoms with Gasteiger partial charge in [-0.15, -0.1) is 0 Å². The van der Waals surface area contributed by atoms with Crippen LogP contribution in [0, 0.1) is 6.92 Å². The number of esters is 1. The minimum atomic E-state index is -0.750. The van der Waals surface area contributed by atoms with Crippen molar-refractivity contribution < 1.29 is 28.8 Å². The zero-order valence-electron chi connectivity index (χ0n) is 18.5. The third kappa shape index (κ3) is 4.81. The van der Waals surface area contributed by atoms with Gasteiger partial charge in [0.15, 0.2) is 17.7 Å². The molecule has 0 bridgehead atoms. The number of aromatic nitrogens is 1. The van der Waals surface area contributed by atoms with Crippen LogP contribution in [0.3, 0.4) is 0 Å². The summed E-state index contributed by atoms with van der Waals surface area (Å²) in [4.78, 5) is 17.0. The van der Waals surface area contributed by atoms with Gasteiger partial charge in [0.1, 0.15) is 30.8 Å². The van der Waals surface area contributed by atoms with E-state index in [2.05, 4.69) is 4.98 Å². The van der Waals surface area contributed by atoms with E-state index in [1.807, 2.05) is 55.3 Å². The second-order valence-electron chi connectivity index (χ2n) is 7.86. The Morgan fingerprint density at radius 1 is 1.28 bits per heavy atom. The number of fused-ring (bicyclic) bond motifs is 2. The highest BCUT2D eigenvalue weighted by Gasteiger charge is 2.26. The molecule has 2 heterocycles. The molecule has 2 unspecified atom stereocenters. The summed E-state index contributed by atoms with van der Waals surface area (Å²) in [5.74, 6) is 1.59. The van der Waals surface area contributed by atoms with Crippen LogP contribution >= 0.6 is 0 Å². The molecule has 0 saturated carbocycles. The summed E-state index contributed by atoms with van der Waals surface area (Å²) in [5, 5.41) is 11.3. The second-order valence-corrected chi connectivity index (χ2v) is 7.86. The van der Waals surface area contributed by atoms with Gasteiger partial charge in [0.2, 0.25) is 0 Å². The molecule has 1 aromatic heterocycles. The van der Waals surface area contributed by atoms with E-state index in [4.69, 9.17) is 18.9 Å². The lowest BCUT2D eigenvalue weighted by Crippen LogP contribution is -2.47. The largest absolute Gasteiger partial charge is 0.490 e. The Labute approximate surface area is 186 Å². The molecule has 1 aliphatic heterocycles. The van der Waals surface area contributed by atoms with Crippen molar-refractivity contribution in [3.05, 3.63) is 53.7 Å². The molecule has 0 aliphatic carbocycles. The maximum atomic E-state index is 12.1. The number of nitrogens with one attached hydrogen (secondary N) is 1. The standard InChI is InChI=1S/C24H28N2O6/c1-4-29-24(28)19-11-17-18(25-19)9-15(2)10-22(17)30-13-16(27)12-26(3)23-14-31-20-7-5-6-8-21(20)32-23/h5-11,16,23,25,27H,4,12-14H2,1-3H3. The van der Waals surface area contributed by atoms with E-state index in [0.29, 0.717) is 37.0 Å². The van der Waals surface area contributed by atoms with E-state index in [1.54, 1.807) is 13.0 Å². The number of H-pyrrole nitrogens is 1. The average Bonchev–Trinajstić information content (AvgIpc) is 3.21. The maximum Gasteiger partial charge on any atom is 0.354 e. The molecule has 32 heavy (non-hydrogen) atoms. The number of hydrogen-bond donors (Lipinski definition) is 2. The summed E-state index contributed by atoms with van der Waals surface area (Å²) in [7, 11) is 1.87. The first kappa shape index (κ1) is 22.0. The number of benzene rings is 2. The molecule has 4 rings (SSSR count).